The van der Waals surface area contributed by atoms with Crippen LogP contribution in [0.1, 0.15) is 32.3 Å². The van der Waals surface area contributed by atoms with Crippen LogP contribution in [0.2, 0.25) is 0 Å². The minimum Gasteiger partial charge on any atom is -0.349 e. The van der Waals surface area contributed by atoms with Crippen LogP contribution in [0.4, 0.5) is 0 Å². The van der Waals surface area contributed by atoms with Gasteiger partial charge in [0.2, 0.25) is 5.91 Å². The molecule has 1 aromatic heterocycles. The second-order valence-corrected chi connectivity index (χ2v) is 5.34. The Hall–Kier alpha value is -1.99. The van der Waals surface area contributed by atoms with Gasteiger partial charge in [-0.1, -0.05) is 26.0 Å². The average Bonchev–Trinajstić information content (AvgIpc) is 3.08. The largest absolute Gasteiger partial charge is 0.349 e. The Morgan fingerprint density at radius 2 is 1.91 bits per heavy atom. The molecule has 0 bridgehead atoms. The van der Waals surface area contributed by atoms with E-state index in [1.807, 2.05) is 38.1 Å². The number of amides is 1. The molecular weight excluding hydrogens is 316 g/mol. The summed E-state index contributed by atoms with van der Waals surface area (Å²) in [6.07, 6.45) is 3.51. The first kappa shape index (κ1) is 19.1. The van der Waals surface area contributed by atoms with Gasteiger partial charge in [-0.05, 0) is 41.0 Å². The summed E-state index contributed by atoms with van der Waals surface area (Å²) in [5, 5.41) is 14.1. The number of nitrogens with two attached hydrogens (primary N) is 1. The van der Waals surface area contributed by atoms with Crippen LogP contribution in [0, 0.1) is 0 Å². The molecule has 2 aromatic rings. The smallest absolute Gasteiger partial charge is 0.224 e. The monoisotopic (exact) mass is 338 g/mol. The van der Waals surface area contributed by atoms with Crippen molar-refractivity contribution in [1.82, 2.24) is 25.5 Å². The van der Waals surface area contributed by atoms with Crippen molar-refractivity contribution in [2.24, 2.45) is 5.73 Å². The fraction of sp³-hybridized carbons (Fsp3) is 0.467. The number of tetrazole rings is 1. The van der Waals surface area contributed by atoms with Crippen LogP contribution in [0.15, 0.2) is 30.6 Å². The molecule has 3 N–H and O–H groups in total. The van der Waals surface area contributed by atoms with Crippen molar-refractivity contribution in [1.29, 1.82) is 0 Å². The summed E-state index contributed by atoms with van der Waals surface area (Å²) in [6, 6.07) is 7.57. The van der Waals surface area contributed by atoms with E-state index in [1.165, 1.54) is 6.33 Å². The maximum Gasteiger partial charge on any atom is 0.224 e. The molecule has 1 aromatic carbocycles. The molecule has 8 heteroatoms. The van der Waals surface area contributed by atoms with Crippen molar-refractivity contribution in [2.75, 3.05) is 6.54 Å². The topological polar surface area (TPSA) is 98.7 Å². The number of nitrogens with one attached hydrogen (secondary N) is 1. The first-order valence-corrected chi connectivity index (χ1v) is 7.46. The van der Waals surface area contributed by atoms with Gasteiger partial charge in [0.25, 0.3) is 0 Å². The summed E-state index contributed by atoms with van der Waals surface area (Å²) in [4.78, 5) is 12.2. The van der Waals surface area contributed by atoms with Crippen LogP contribution in [0.25, 0.3) is 5.69 Å². The van der Waals surface area contributed by atoms with Crippen LogP contribution < -0.4 is 11.1 Å². The second-order valence-electron chi connectivity index (χ2n) is 5.34. The van der Waals surface area contributed by atoms with Gasteiger partial charge in [-0.2, -0.15) is 0 Å². The normalized spacial score (nSPS) is 10.9. The van der Waals surface area contributed by atoms with Gasteiger partial charge in [0.15, 0.2) is 0 Å². The van der Waals surface area contributed by atoms with E-state index >= 15 is 0 Å². The molecule has 2 rings (SSSR count). The molecule has 1 amide bonds. The third kappa shape index (κ3) is 4.74. The van der Waals surface area contributed by atoms with E-state index in [-0.39, 0.29) is 23.9 Å². The summed E-state index contributed by atoms with van der Waals surface area (Å²) in [5.74, 6) is -0.00989. The lowest BCUT2D eigenvalue weighted by Crippen LogP contribution is -2.53. The summed E-state index contributed by atoms with van der Waals surface area (Å²) in [5.41, 5.74) is 7.30. The Bertz CT molecular complexity index is 587. The molecule has 23 heavy (non-hydrogen) atoms. The molecular formula is C15H23ClN6O. The molecule has 7 nitrogen and oxygen atoms in total. The molecule has 0 aliphatic rings. The van der Waals surface area contributed by atoms with Crippen LogP contribution >= 0.6 is 12.4 Å². The fourth-order valence-electron chi connectivity index (χ4n) is 2.34. The van der Waals surface area contributed by atoms with Crippen LogP contribution in [0.3, 0.4) is 0 Å². The Balaban J connectivity index is 0.00000264. The van der Waals surface area contributed by atoms with Crippen LogP contribution in [-0.4, -0.2) is 38.2 Å². The number of halogens is 1. The highest BCUT2D eigenvalue weighted by Gasteiger charge is 2.26. The molecule has 0 fully saturated rings. The number of benzene rings is 1. The zero-order valence-corrected chi connectivity index (χ0v) is 14.2. The quantitative estimate of drug-likeness (QED) is 0.791. The first-order valence-electron chi connectivity index (χ1n) is 7.46. The maximum atomic E-state index is 12.2. The molecule has 0 atom stereocenters. The number of carbonyl (C=O) groups excluding carboxylic acids is 1. The molecule has 0 saturated heterocycles. The summed E-state index contributed by atoms with van der Waals surface area (Å²) < 4.78 is 1.57. The van der Waals surface area contributed by atoms with E-state index in [4.69, 9.17) is 5.73 Å². The predicted molar refractivity (Wildman–Crippen MR) is 90.6 cm³/mol. The number of hydrogen-bond donors (Lipinski definition) is 2. The van der Waals surface area contributed by atoms with E-state index in [1.54, 1.807) is 4.68 Å². The summed E-state index contributed by atoms with van der Waals surface area (Å²) in [7, 11) is 0. The molecule has 1 heterocycles. The zero-order chi connectivity index (χ0) is 16.0. The predicted octanol–water partition coefficient (Wildman–Crippen LogP) is 1.26. The maximum absolute atomic E-state index is 12.2. The standard InChI is InChI=1S/C15H22N6O.ClH/c1-3-15(4-2,10-16)18-14(22)9-12-5-7-13(8-6-12)21-11-17-19-20-21;/h5-8,11H,3-4,9-10,16H2,1-2H3,(H,18,22);1H. The van der Waals surface area contributed by atoms with Gasteiger partial charge in [0, 0.05) is 6.54 Å². The number of aromatic nitrogens is 4. The molecule has 0 saturated carbocycles. The second kappa shape index (κ2) is 8.59. The van der Waals surface area contributed by atoms with Gasteiger partial charge >= 0.3 is 0 Å². The number of nitrogens with zero attached hydrogens (tertiary/aromatic N) is 4. The van der Waals surface area contributed by atoms with E-state index in [0.29, 0.717) is 13.0 Å². The first-order chi connectivity index (χ1) is 10.6. The van der Waals surface area contributed by atoms with E-state index in [9.17, 15) is 4.79 Å². The molecule has 0 aliphatic heterocycles. The highest BCUT2D eigenvalue weighted by Crippen LogP contribution is 2.14. The van der Waals surface area contributed by atoms with Gasteiger partial charge in [-0.3, -0.25) is 4.79 Å². The Morgan fingerprint density at radius 3 is 2.39 bits per heavy atom. The Labute approximate surface area is 142 Å². The van der Waals surface area contributed by atoms with Gasteiger partial charge < -0.3 is 11.1 Å². The van der Waals surface area contributed by atoms with Gasteiger partial charge in [-0.25, -0.2) is 4.68 Å². The lowest BCUT2D eigenvalue weighted by atomic mass is 9.92. The minimum absolute atomic E-state index is 0. The van der Waals surface area contributed by atoms with Crippen LogP contribution in [-0.2, 0) is 11.2 Å². The van der Waals surface area contributed by atoms with Gasteiger partial charge in [0.05, 0.1) is 17.6 Å². The highest BCUT2D eigenvalue weighted by molar-refractivity contribution is 5.85. The van der Waals surface area contributed by atoms with Crippen molar-refractivity contribution >= 4 is 18.3 Å². The number of rotatable bonds is 7. The molecule has 0 unspecified atom stereocenters. The van der Waals surface area contributed by atoms with Crippen molar-refractivity contribution in [3.63, 3.8) is 0 Å². The molecule has 0 spiro atoms. The minimum atomic E-state index is -0.302. The zero-order valence-electron chi connectivity index (χ0n) is 13.4. The van der Waals surface area contributed by atoms with Crippen molar-refractivity contribution in [2.45, 2.75) is 38.6 Å². The van der Waals surface area contributed by atoms with E-state index < -0.39 is 0 Å². The molecule has 0 aliphatic carbocycles. The summed E-state index contributed by atoms with van der Waals surface area (Å²) in [6.45, 7) is 4.53. The van der Waals surface area contributed by atoms with Gasteiger partial charge in [-0.15, -0.1) is 17.5 Å². The van der Waals surface area contributed by atoms with E-state index in [2.05, 4.69) is 20.8 Å². The number of hydrogen-bond acceptors (Lipinski definition) is 5. The van der Waals surface area contributed by atoms with E-state index in [0.717, 1.165) is 24.1 Å². The van der Waals surface area contributed by atoms with Gasteiger partial charge in [0.1, 0.15) is 6.33 Å². The highest BCUT2D eigenvalue weighted by atomic mass is 35.5. The fourth-order valence-corrected chi connectivity index (χ4v) is 2.34. The SMILES string of the molecule is CCC(CC)(CN)NC(=O)Cc1ccc(-n2cnnn2)cc1.Cl. The summed E-state index contributed by atoms with van der Waals surface area (Å²) >= 11 is 0. The third-order valence-electron chi connectivity index (χ3n) is 4.06. The van der Waals surface area contributed by atoms with Crippen molar-refractivity contribution in [3.8, 4) is 5.69 Å². The Morgan fingerprint density at radius 1 is 1.26 bits per heavy atom. The van der Waals surface area contributed by atoms with Crippen molar-refractivity contribution < 1.29 is 4.79 Å². The Kier molecular flexibility index (Phi) is 7.12. The van der Waals surface area contributed by atoms with Crippen LogP contribution in [0.5, 0.6) is 0 Å². The molecule has 0 radical (unpaired) electrons. The third-order valence-corrected chi connectivity index (χ3v) is 4.06. The lowest BCUT2D eigenvalue weighted by molar-refractivity contribution is -0.122. The average molecular weight is 339 g/mol. The number of carbonyl (C=O) groups is 1. The molecule has 126 valence electrons. The lowest BCUT2D eigenvalue weighted by Gasteiger charge is -2.31. The van der Waals surface area contributed by atoms with Crippen molar-refractivity contribution in [3.05, 3.63) is 36.2 Å².